The molecule has 18 heavy (non-hydrogen) atoms. The molecule has 0 N–H and O–H groups in total. The molecule has 4 heteroatoms. The fraction of sp³-hybridized carbons (Fsp3) is 0.143. The summed E-state index contributed by atoms with van der Waals surface area (Å²) < 4.78 is 0. The molecule has 0 aliphatic heterocycles. The van der Waals surface area contributed by atoms with Crippen LogP contribution >= 0.6 is 11.6 Å². The molecule has 1 aromatic carbocycles. The van der Waals surface area contributed by atoms with Crippen molar-refractivity contribution in [2.45, 2.75) is 6.54 Å². The molecule has 90 valence electrons. The third-order valence-corrected chi connectivity index (χ3v) is 3.00. The summed E-state index contributed by atoms with van der Waals surface area (Å²) in [5.74, 6) is 0.814. The second-order valence-corrected chi connectivity index (χ2v) is 4.37. The topological polar surface area (TPSA) is 39.9 Å². The number of hydrogen-bond acceptors (Lipinski definition) is 3. The van der Waals surface area contributed by atoms with E-state index in [1.165, 1.54) is 0 Å². The number of benzene rings is 1. The molecule has 0 aliphatic carbocycles. The van der Waals surface area contributed by atoms with Crippen LogP contribution in [0.3, 0.4) is 0 Å². The highest BCUT2D eigenvalue weighted by Gasteiger charge is 2.06. The number of halogens is 1. The quantitative estimate of drug-likeness (QED) is 0.847. The molecule has 0 amide bonds. The van der Waals surface area contributed by atoms with E-state index in [2.05, 4.69) is 4.98 Å². The maximum atomic E-state index is 8.72. The van der Waals surface area contributed by atoms with E-state index in [9.17, 15) is 0 Å². The molecule has 0 spiro atoms. The Morgan fingerprint density at radius 1 is 1.28 bits per heavy atom. The molecule has 1 heterocycles. The smallest absolute Gasteiger partial charge is 0.128 e. The predicted molar refractivity (Wildman–Crippen MR) is 72.5 cm³/mol. The van der Waals surface area contributed by atoms with Gasteiger partial charge in [0.25, 0.3) is 0 Å². The lowest BCUT2D eigenvalue weighted by atomic mass is 10.2. The molecule has 0 atom stereocenters. The first-order chi connectivity index (χ1) is 8.70. The Balaban J connectivity index is 2.15. The zero-order valence-electron chi connectivity index (χ0n) is 9.97. The monoisotopic (exact) mass is 257 g/mol. The van der Waals surface area contributed by atoms with Crippen LogP contribution in [-0.2, 0) is 6.54 Å². The van der Waals surface area contributed by atoms with Gasteiger partial charge in [-0.15, -0.1) is 0 Å². The number of rotatable bonds is 3. The molecular weight excluding hydrogens is 246 g/mol. The predicted octanol–water partition coefficient (Wildman–Crippen LogP) is 3.24. The third-order valence-electron chi connectivity index (χ3n) is 2.63. The SMILES string of the molecule is CN(Cc1ccccc1Cl)c1ccc(C#N)cn1. The van der Waals surface area contributed by atoms with E-state index in [1.54, 1.807) is 12.3 Å². The highest BCUT2D eigenvalue weighted by Crippen LogP contribution is 2.19. The van der Waals surface area contributed by atoms with Crippen molar-refractivity contribution in [3.05, 3.63) is 58.7 Å². The van der Waals surface area contributed by atoms with Crippen molar-refractivity contribution in [3.63, 3.8) is 0 Å². The second kappa shape index (κ2) is 5.52. The van der Waals surface area contributed by atoms with Gasteiger partial charge in [-0.3, -0.25) is 0 Å². The minimum absolute atomic E-state index is 0.560. The van der Waals surface area contributed by atoms with Gasteiger partial charge in [0, 0.05) is 24.8 Å². The first kappa shape index (κ1) is 12.4. The third kappa shape index (κ3) is 2.79. The van der Waals surface area contributed by atoms with Crippen LogP contribution in [0.15, 0.2) is 42.6 Å². The number of nitriles is 1. The first-order valence-corrected chi connectivity index (χ1v) is 5.89. The Bertz CT molecular complexity index is 572. The molecule has 0 saturated carbocycles. The zero-order valence-corrected chi connectivity index (χ0v) is 10.7. The zero-order chi connectivity index (χ0) is 13.0. The van der Waals surface area contributed by atoms with Crippen molar-refractivity contribution >= 4 is 17.4 Å². The average molecular weight is 258 g/mol. The summed E-state index contributed by atoms with van der Waals surface area (Å²) in [7, 11) is 1.94. The van der Waals surface area contributed by atoms with Crippen LogP contribution in [0.2, 0.25) is 5.02 Å². The normalized spacial score (nSPS) is 9.83. The molecule has 3 nitrogen and oxygen atoms in total. The van der Waals surface area contributed by atoms with Gasteiger partial charge in [0.2, 0.25) is 0 Å². The fourth-order valence-corrected chi connectivity index (χ4v) is 1.84. The van der Waals surface area contributed by atoms with Crippen LogP contribution in [0.1, 0.15) is 11.1 Å². The fourth-order valence-electron chi connectivity index (χ4n) is 1.64. The molecule has 0 bridgehead atoms. The van der Waals surface area contributed by atoms with Crippen LogP contribution in [0.5, 0.6) is 0 Å². The maximum Gasteiger partial charge on any atom is 0.128 e. The van der Waals surface area contributed by atoms with Gasteiger partial charge < -0.3 is 4.90 Å². The van der Waals surface area contributed by atoms with Gasteiger partial charge in [-0.2, -0.15) is 5.26 Å². The Kier molecular flexibility index (Phi) is 3.81. The van der Waals surface area contributed by atoms with E-state index in [1.807, 2.05) is 48.3 Å². The summed E-state index contributed by atoms with van der Waals surface area (Å²) in [5.41, 5.74) is 1.61. The van der Waals surface area contributed by atoms with Crippen LogP contribution < -0.4 is 4.90 Å². The minimum atomic E-state index is 0.560. The molecule has 0 radical (unpaired) electrons. The Labute approximate surface area is 111 Å². The molecule has 2 aromatic rings. The van der Waals surface area contributed by atoms with Gasteiger partial charge in [0.15, 0.2) is 0 Å². The van der Waals surface area contributed by atoms with Crippen molar-refractivity contribution < 1.29 is 0 Å². The van der Waals surface area contributed by atoms with E-state index >= 15 is 0 Å². The standard InChI is InChI=1S/C14H12ClN3/c1-18(10-12-4-2-3-5-13(12)15)14-7-6-11(8-16)9-17-14/h2-7,9H,10H2,1H3. The van der Waals surface area contributed by atoms with Gasteiger partial charge >= 0.3 is 0 Å². The minimum Gasteiger partial charge on any atom is -0.355 e. The van der Waals surface area contributed by atoms with Crippen molar-refractivity contribution in [2.75, 3.05) is 11.9 Å². The molecule has 2 rings (SSSR count). The highest BCUT2D eigenvalue weighted by molar-refractivity contribution is 6.31. The lowest BCUT2D eigenvalue weighted by molar-refractivity contribution is 0.898. The van der Waals surface area contributed by atoms with Gasteiger partial charge in [-0.1, -0.05) is 29.8 Å². The highest BCUT2D eigenvalue weighted by atomic mass is 35.5. The number of pyridine rings is 1. The van der Waals surface area contributed by atoms with E-state index < -0.39 is 0 Å². The van der Waals surface area contributed by atoms with Crippen molar-refractivity contribution in [1.29, 1.82) is 5.26 Å². The Morgan fingerprint density at radius 2 is 2.06 bits per heavy atom. The number of anilines is 1. The van der Waals surface area contributed by atoms with Gasteiger partial charge in [-0.05, 0) is 23.8 Å². The van der Waals surface area contributed by atoms with Crippen LogP contribution in [-0.4, -0.2) is 12.0 Å². The lowest BCUT2D eigenvalue weighted by Gasteiger charge is -2.18. The number of hydrogen-bond donors (Lipinski definition) is 0. The van der Waals surface area contributed by atoms with Gasteiger partial charge in [0.05, 0.1) is 5.56 Å². The average Bonchev–Trinajstić information content (AvgIpc) is 2.41. The first-order valence-electron chi connectivity index (χ1n) is 5.51. The summed E-state index contributed by atoms with van der Waals surface area (Å²) in [4.78, 5) is 6.22. The largest absolute Gasteiger partial charge is 0.355 e. The van der Waals surface area contributed by atoms with Crippen molar-refractivity contribution in [1.82, 2.24) is 4.98 Å². The molecule has 0 aliphatic rings. The number of nitrogens with zero attached hydrogens (tertiary/aromatic N) is 3. The molecule has 0 saturated heterocycles. The van der Waals surface area contributed by atoms with Crippen LogP contribution in [0.25, 0.3) is 0 Å². The van der Waals surface area contributed by atoms with Crippen molar-refractivity contribution in [2.24, 2.45) is 0 Å². The van der Waals surface area contributed by atoms with Gasteiger partial charge in [0.1, 0.15) is 11.9 Å². The summed E-state index contributed by atoms with van der Waals surface area (Å²) in [6.07, 6.45) is 1.57. The van der Waals surface area contributed by atoms with E-state index in [0.717, 1.165) is 16.4 Å². The van der Waals surface area contributed by atoms with E-state index in [0.29, 0.717) is 12.1 Å². The molecule has 1 aromatic heterocycles. The van der Waals surface area contributed by atoms with E-state index in [-0.39, 0.29) is 0 Å². The Hall–Kier alpha value is -2.05. The van der Waals surface area contributed by atoms with Crippen LogP contribution in [0.4, 0.5) is 5.82 Å². The maximum absolute atomic E-state index is 8.72. The molecule has 0 unspecified atom stereocenters. The van der Waals surface area contributed by atoms with E-state index in [4.69, 9.17) is 16.9 Å². The van der Waals surface area contributed by atoms with Gasteiger partial charge in [-0.25, -0.2) is 4.98 Å². The summed E-state index contributed by atoms with van der Waals surface area (Å²) >= 11 is 6.11. The summed E-state index contributed by atoms with van der Waals surface area (Å²) in [6, 6.07) is 13.4. The molecule has 0 fully saturated rings. The summed E-state index contributed by atoms with van der Waals surface area (Å²) in [5, 5.41) is 9.47. The lowest BCUT2D eigenvalue weighted by Crippen LogP contribution is -2.17. The summed E-state index contributed by atoms with van der Waals surface area (Å²) in [6.45, 7) is 0.679. The number of aromatic nitrogens is 1. The Morgan fingerprint density at radius 3 is 2.67 bits per heavy atom. The van der Waals surface area contributed by atoms with Crippen LogP contribution in [0, 0.1) is 11.3 Å². The van der Waals surface area contributed by atoms with Crippen molar-refractivity contribution in [3.8, 4) is 6.07 Å². The molecular formula is C14H12ClN3. The second-order valence-electron chi connectivity index (χ2n) is 3.96.